The molecule has 1 N–H and O–H groups in total. The van der Waals surface area contributed by atoms with Crippen molar-refractivity contribution in [3.63, 3.8) is 0 Å². The quantitative estimate of drug-likeness (QED) is 0.772. The van der Waals surface area contributed by atoms with Crippen LogP contribution in [0.15, 0.2) is 0 Å². The second-order valence-electron chi connectivity index (χ2n) is 7.84. The molecule has 0 aromatic heterocycles. The first-order chi connectivity index (χ1) is 8.76. The molecule has 0 bridgehead atoms. The minimum Gasteiger partial charge on any atom is -0.373 e. The summed E-state index contributed by atoms with van der Waals surface area (Å²) in [4.78, 5) is 0. The van der Waals surface area contributed by atoms with Gasteiger partial charge in [0.25, 0.3) is 0 Å². The summed E-state index contributed by atoms with van der Waals surface area (Å²) in [6, 6.07) is 0. The number of rotatable bonds is 6. The summed E-state index contributed by atoms with van der Waals surface area (Å²) in [7, 11) is 0. The van der Waals surface area contributed by atoms with Crippen molar-refractivity contribution in [1.82, 2.24) is 5.32 Å². The average Bonchev–Trinajstić information content (AvgIpc) is 2.34. The molecule has 0 aliphatic heterocycles. The molecule has 0 aromatic carbocycles. The van der Waals surface area contributed by atoms with E-state index in [1.54, 1.807) is 0 Å². The maximum absolute atomic E-state index is 6.36. The molecule has 0 aromatic rings. The van der Waals surface area contributed by atoms with Gasteiger partial charge in [-0.05, 0) is 58.3 Å². The van der Waals surface area contributed by atoms with Crippen molar-refractivity contribution in [1.29, 1.82) is 0 Å². The summed E-state index contributed by atoms with van der Waals surface area (Å²) in [5.74, 6) is 1.54. The molecular weight excluding hydrogens is 234 g/mol. The van der Waals surface area contributed by atoms with E-state index >= 15 is 0 Å². The van der Waals surface area contributed by atoms with Crippen LogP contribution in [0.25, 0.3) is 0 Å². The van der Waals surface area contributed by atoms with Gasteiger partial charge < -0.3 is 10.1 Å². The molecule has 1 rings (SSSR count). The van der Waals surface area contributed by atoms with Gasteiger partial charge in [0.15, 0.2) is 0 Å². The minimum atomic E-state index is 0.0865. The fraction of sp³-hybridized carbons (Fsp3) is 1.00. The molecule has 1 aliphatic carbocycles. The van der Waals surface area contributed by atoms with Gasteiger partial charge in [-0.1, -0.05) is 27.2 Å². The van der Waals surface area contributed by atoms with Crippen LogP contribution < -0.4 is 5.32 Å². The first-order valence-electron chi connectivity index (χ1n) is 8.15. The highest BCUT2D eigenvalue weighted by atomic mass is 16.5. The maximum atomic E-state index is 6.36. The van der Waals surface area contributed by atoms with E-state index in [9.17, 15) is 0 Å². The van der Waals surface area contributed by atoms with Crippen LogP contribution in [0.3, 0.4) is 0 Å². The highest BCUT2D eigenvalue weighted by Crippen LogP contribution is 2.36. The van der Waals surface area contributed by atoms with Crippen molar-refractivity contribution < 1.29 is 4.74 Å². The minimum absolute atomic E-state index is 0.0865. The Kier molecular flexibility index (Phi) is 6.32. The third-order valence-electron chi connectivity index (χ3n) is 4.26. The lowest BCUT2D eigenvalue weighted by Gasteiger charge is -2.42. The van der Waals surface area contributed by atoms with E-state index < -0.39 is 0 Å². The van der Waals surface area contributed by atoms with Crippen LogP contribution >= 0.6 is 0 Å². The molecule has 0 saturated heterocycles. The third kappa shape index (κ3) is 6.27. The summed E-state index contributed by atoms with van der Waals surface area (Å²) in [5, 5.41) is 3.66. The van der Waals surface area contributed by atoms with E-state index in [-0.39, 0.29) is 11.1 Å². The van der Waals surface area contributed by atoms with Crippen LogP contribution in [0.5, 0.6) is 0 Å². The van der Waals surface area contributed by atoms with Crippen LogP contribution in [-0.4, -0.2) is 24.3 Å². The summed E-state index contributed by atoms with van der Waals surface area (Å²) in [6.07, 6.45) is 6.44. The topological polar surface area (TPSA) is 21.3 Å². The van der Waals surface area contributed by atoms with Crippen molar-refractivity contribution >= 4 is 0 Å². The largest absolute Gasteiger partial charge is 0.373 e. The molecule has 1 aliphatic rings. The Hall–Kier alpha value is -0.0800. The molecule has 2 nitrogen and oxygen atoms in total. The molecule has 1 saturated carbocycles. The van der Waals surface area contributed by atoms with Gasteiger partial charge in [0.2, 0.25) is 0 Å². The van der Waals surface area contributed by atoms with Gasteiger partial charge in [-0.25, -0.2) is 0 Å². The Morgan fingerprint density at radius 1 is 1.21 bits per heavy atom. The molecule has 0 amide bonds. The van der Waals surface area contributed by atoms with Gasteiger partial charge in [-0.3, -0.25) is 0 Å². The normalized spacial score (nSPS) is 28.9. The van der Waals surface area contributed by atoms with Crippen molar-refractivity contribution in [2.24, 2.45) is 11.8 Å². The second-order valence-corrected chi connectivity index (χ2v) is 7.84. The zero-order chi connectivity index (χ0) is 14.5. The van der Waals surface area contributed by atoms with Crippen LogP contribution in [0.1, 0.15) is 73.6 Å². The summed E-state index contributed by atoms with van der Waals surface area (Å²) in [6.45, 7) is 15.4. The second kappa shape index (κ2) is 7.08. The van der Waals surface area contributed by atoms with Gasteiger partial charge in [0, 0.05) is 18.7 Å². The molecule has 19 heavy (non-hydrogen) atoms. The van der Waals surface area contributed by atoms with Gasteiger partial charge in [0.1, 0.15) is 0 Å². The molecule has 0 atom stereocenters. The Bertz CT molecular complexity index is 246. The Morgan fingerprint density at radius 2 is 1.79 bits per heavy atom. The monoisotopic (exact) mass is 269 g/mol. The SMILES string of the molecule is CCC1CCC(CNC(C)(C)C)(OCC(C)C)CC1. The standard InChI is InChI=1S/C17H35NO/c1-7-15-8-10-17(11-9-15,19-12-14(2)3)13-18-16(4,5)6/h14-15,18H,7-13H2,1-6H3. The van der Waals surface area contributed by atoms with E-state index in [4.69, 9.17) is 4.74 Å². The zero-order valence-electron chi connectivity index (χ0n) is 14.0. The Morgan fingerprint density at radius 3 is 2.21 bits per heavy atom. The predicted molar refractivity (Wildman–Crippen MR) is 83.5 cm³/mol. The van der Waals surface area contributed by atoms with E-state index in [0.717, 1.165) is 19.1 Å². The third-order valence-corrected chi connectivity index (χ3v) is 4.26. The molecule has 114 valence electrons. The molecule has 0 spiro atoms. The van der Waals surface area contributed by atoms with Gasteiger partial charge in [-0.2, -0.15) is 0 Å². The Balaban J connectivity index is 2.58. The first kappa shape index (κ1) is 17.0. The van der Waals surface area contributed by atoms with Crippen LogP contribution in [0, 0.1) is 11.8 Å². The highest BCUT2D eigenvalue weighted by molar-refractivity contribution is 4.91. The smallest absolute Gasteiger partial charge is 0.0806 e. The van der Waals surface area contributed by atoms with E-state index in [2.05, 4.69) is 46.9 Å². The number of ether oxygens (including phenoxy) is 1. The summed E-state index contributed by atoms with van der Waals surface area (Å²) in [5.41, 5.74) is 0.263. The van der Waals surface area contributed by atoms with Crippen LogP contribution in [0.4, 0.5) is 0 Å². The fourth-order valence-corrected chi connectivity index (χ4v) is 2.75. The van der Waals surface area contributed by atoms with E-state index in [1.807, 2.05) is 0 Å². The van der Waals surface area contributed by atoms with Crippen molar-refractivity contribution in [2.75, 3.05) is 13.2 Å². The predicted octanol–water partition coefficient (Wildman–Crippen LogP) is 4.39. The van der Waals surface area contributed by atoms with Crippen molar-refractivity contribution in [2.45, 2.75) is 84.8 Å². The number of hydrogen-bond acceptors (Lipinski definition) is 2. The van der Waals surface area contributed by atoms with E-state index in [1.165, 1.54) is 32.1 Å². The number of hydrogen-bond donors (Lipinski definition) is 1. The summed E-state index contributed by atoms with van der Waals surface area (Å²) >= 11 is 0. The fourth-order valence-electron chi connectivity index (χ4n) is 2.75. The van der Waals surface area contributed by atoms with E-state index in [0.29, 0.717) is 5.92 Å². The molecule has 0 radical (unpaired) electrons. The van der Waals surface area contributed by atoms with Gasteiger partial charge in [-0.15, -0.1) is 0 Å². The van der Waals surface area contributed by atoms with Gasteiger partial charge in [0.05, 0.1) is 5.60 Å². The molecule has 0 unspecified atom stereocenters. The lowest BCUT2D eigenvalue weighted by Crippen LogP contribution is -2.51. The van der Waals surface area contributed by atoms with Crippen molar-refractivity contribution in [3.05, 3.63) is 0 Å². The van der Waals surface area contributed by atoms with Crippen LogP contribution in [0.2, 0.25) is 0 Å². The average molecular weight is 269 g/mol. The van der Waals surface area contributed by atoms with Crippen molar-refractivity contribution in [3.8, 4) is 0 Å². The lowest BCUT2D eigenvalue weighted by atomic mass is 9.77. The molecule has 1 fully saturated rings. The molecular formula is C17H35NO. The summed E-state index contributed by atoms with van der Waals surface area (Å²) < 4.78 is 6.36. The number of nitrogens with one attached hydrogen (secondary N) is 1. The molecule has 0 heterocycles. The highest BCUT2D eigenvalue weighted by Gasteiger charge is 2.36. The zero-order valence-corrected chi connectivity index (χ0v) is 14.0. The molecule has 2 heteroatoms. The maximum Gasteiger partial charge on any atom is 0.0806 e. The van der Waals surface area contributed by atoms with Gasteiger partial charge >= 0.3 is 0 Å². The Labute approximate surface area is 120 Å². The van der Waals surface area contributed by atoms with Crippen LogP contribution in [-0.2, 0) is 4.74 Å². The lowest BCUT2D eigenvalue weighted by molar-refractivity contribution is -0.0881. The first-order valence-corrected chi connectivity index (χ1v) is 8.15.